The quantitative estimate of drug-likeness (QED) is 0.333. The van der Waals surface area contributed by atoms with E-state index in [1.165, 1.54) is 6.92 Å². The SMILES string of the molecule is CC(=O)OC[C@H](CN=[N+]=[N-])COc1cccc(Br)c1. The maximum atomic E-state index is 10.8. The summed E-state index contributed by atoms with van der Waals surface area (Å²) >= 11 is 3.34. The monoisotopic (exact) mass is 327 g/mol. The molecule has 0 N–H and O–H groups in total. The topological polar surface area (TPSA) is 84.3 Å². The zero-order valence-electron chi connectivity index (χ0n) is 10.5. The first-order valence-corrected chi connectivity index (χ1v) is 6.43. The van der Waals surface area contributed by atoms with Crippen molar-refractivity contribution < 1.29 is 14.3 Å². The molecular formula is C12H14BrN3O3. The largest absolute Gasteiger partial charge is 0.493 e. The Kier molecular flexibility index (Phi) is 6.78. The normalized spacial score (nSPS) is 11.3. The third-order valence-electron chi connectivity index (χ3n) is 2.21. The highest BCUT2D eigenvalue weighted by atomic mass is 79.9. The molecule has 1 aromatic rings. The van der Waals surface area contributed by atoms with E-state index in [1.54, 1.807) is 0 Å². The average molecular weight is 328 g/mol. The van der Waals surface area contributed by atoms with Crippen molar-refractivity contribution >= 4 is 21.9 Å². The summed E-state index contributed by atoms with van der Waals surface area (Å²) in [6.45, 7) is 2.03. The van der Waals surface area contributed by atoms with Crippen molar-refractivity contribution in [1.82, 2.24) is 0 Å². The third-order valence-corrected chi connectivity index (χ3v) is 2.70. The van der Waals surface area contributed by atoms with Crippen molar-refractivity contribution in [3.8, 4) is 5.75 Å². The van der Waals surface area contributed by atoms with Gasteiger partial charge in [-0.25, -0.2) is 0 Å². The molecule has 0 amide bonds. The molecular weight excluding hydrogens is 314 g/mol. The summed E-state index contributed by atoms with van der Waals surface area (Å²) in [5.74, 6) is 0.162. The second kappa shape index (κ2) is 8.39. The number of azide groups is 1. The Labute approximate surface area is 119 Å². The summed E-state index contributed by atoms with van der Waals surface area (Å²) < 4.78 is 11.4. The smallest absolute Gasteiger partial charge is 0.302 e. The summed E-state index contributed by atoms with van der Waals surface area (Å²) in [6.07, 6.45) is 0. The highest BCUT2D eigenvalue weighted by molar-refractivity contribution is 9.10. The van der Waals surface area contributed by atoms with Gasteiger partial charge in [0.15, 0.2) is 0 Å². The maximum absolute atomic E-state index is 10.8. The first-order chi connectivity index (χ1) is 9.11. The van der Waals surface area contributed by atoms with E-state index in [4.69, 9.17) is 15.0 Å². The average Bonchev–Trinajstić information content (AvgIpc) is 2.37. The first kappa shape index (κ1) is 15.3. The lowest BCUT2D eigenvalue weighted by molar-refractivity contribution is -0.142. The molecule has 102 valence electrons. The van der Waals surface area contributed by atoms with Crippen LogP contribution in [0, 0.1) is 5.92 Å². The van der Waals surface area contributed by atoms with Gasteiger partial charge in [-0.2, -0.15) is 0 Å². The Hall–Kier alpha value is -1.72. The lowest BCUT2D eigenvalue weighted by atomic mass is 10.2. The van der Waals surface area contributed by atoms with Crippen LogP contribution in [-0.4, -0.2) is 25.7 Å². The standard InChI is InChI=1S/C12H14BrN3O3/c1-9(17)18-7-10(6-15-16-14)8-19-12-4-2-3-11(13)5-12/h2-5,10H,6-8H2,1H3/t10-/m0/s1. The summed E-state index contributed by atoms with van der Waals surface area (Å²) in [7, 11) is 0. The molecule has 0 aromatic heterocycles. The van der Waals surface area contributed by atoms with Gasteiger partial charge in [0.05, 0.1) is 13.2 Å². The van der Waals surface area contributed by atoms with Crippen molar-refractivity contribution in [2.75, 3.05) is 19.8 Å². The lowest BCUT2D eigenvalue weighted by Crippen LogP contribution is -2.22. The van der Waals surface area contributed by atoms with E-state index in [1.807, 2.05) is 24.3 Å². The van der Waals surface area contributed by atoms with E-state index in [0.717, 1.165) is 4.47 Å². The number of rotatable bonds is 7. The molecule has 0 fully saturated rings. The second-order valence-electron chi connectivity index (χ2n) is 3.85. The van der Waals surface area contributed by atoms with Crippen LogP contribution in [-0.2, 0) is 9.53 Å². The zero-order chi connectivity index (χ0) is 14.1. The van der Waals surface area contributed by atoms with Gasteiger partial charge in [0.1, 0.15) is 5.75 Å². The minimum absolute atomic E-state index is 0.168. The third kappa shape index (κ3) is 6.69. The van der Waals surface area contributed by atoms with E-state index in [-0.39, 0.29) is 25.0 Å². The van der Waals surface area contributed by atoms with Crippen molar-refractivity contribution in [1.29, 1.82) is 0 Å². The number of esters is 1. The summed E-state index contributed by atoms with van der Waals surface area (Å²) in [5.41, 5.74) is 8.32. The van der Waals surface area contributed by atoms with E-state index < -0.39 is 0 Å². The number of hydrogen-bond donors (Lipinski definition) is 0. The maximum Gasteiger partial charge on any atom is 0.302 e. The molecule has 0 radical (unpaired) electrons. The summed E-state index contributed by atoms with van der Waals surface area (Å²) in [5, 5.41) is 3.48. The fraction of sp³-hybridized carbons (Fsp3) is 0.417. The number of halogens is 1. The number of ether oxygens (including phenoxy) is 2. The molecule has 6 nitrogen and oxygen atoms in total. The van der Waals surface area contributed by atoms with Gasteiger partial charge < -0.3 is 9.47 Å². The Bertz CT molecular complexity index is 475. The van der Waals surface area contributed by atoms with Crippen molar-refractivity contribution in [3.63, 3.8) is 0 Å². The molecule has 1 atom stereocenters. The Morgan fingerprint density at radius 2 is 2.32 bits per heavy atom. The van der Waals surface area contributed by atoms with Crippen molar-refractivity contribution in [2.24, 2.45) is 11.0 Å². The molecule has 0 aliphatic rings. The van der Waals surface area contributed by atoms with Gasteiger partial charge in [0, 0.05) is 28.8 Å². The fourth-order valence-corrected chi connectivity index (χ4v) is 1.69. The van der Waals surface area contributed by atoms with Gasteiger partial charge in [-0.1, -0.05) is 27.1 Å². The molecule has 1 rings (SSSR count). The van der Waals surface area contributed by atoms with Gasteiger partial charge in [-0.3, -0.25) is 4.79 Å². The van der Waals surface area contributed by atoms with Gasteiger partial charge in [0.2, 0.25) is 0 Å². The van der Waals surface area contributed by atoms with E-state index in [2.05, 4.69) is 26.0 Å². The van der Waals surface area contributed by atoms with Crippen LogP contribution in [0.25, 0.3) is 10.4 Å². The number of hydrogen-bond acceptors (Lipinski definition) is 4. The molecule has 19 heavy (non-hydrogen) atoms. The van der Waals surface area contributed by atoms with Crippen molar-refractivity contribution in [3.05, 3.63) is 39.2 Å². The fourth-order valence-electron chi connectivity index (χ4n) is 1.31. The molecule has 0 bridgehead atoms. The van der Waals surface area contributed by atoms with Crippen molar-refractivity contribution in [2.45, 2.75) is 6.92 Å². The molecule has 0 aliphatic heterocycles. The van der Waals surface area contributed by atoms with Crippen LogP contribution < -0.4 is 4.74 Å². The highest BCUT2D eigenvalue weighted by Crippen LogP contribution is 2.18. The summed E-state index contributed by atoms with van der Waals surface area (Å²) in [6, 6.07) is 7.40. The van der Waals surface area contributed by atoms with Crippen LogP contribution in [0.4, 0.5) is 0 Å². The first-order valence-electron chi connectivity index (χ1n) is 5.64. The van der Waals surface area contributed by atoms with Crippen LogP contribution in [0.15, 0.2) is 33.9 Å². The molecule has 7 heteroatoms. The zero-order valence-corrected chi connectivity index (χ0v) is 12.0. The second-order valence-corrected chi connectivity index (χ2v) is 4.77. The molecule has 0 saturated carbocycles. The minimum Gasteiger partial charge on any atom is -0.493 e. The Morgan fingerprint density at radius 3 is 2.95 bits per heavy atom. The predicted molar refractivity (Wildman–Crippen MR) is 73.8 cm³/mol. The van der Waals surface area contributed by atoms with E-state index >= 15 is 0 Å². The molecule has 0 spiro atoms. The number of benzene rings is 1. The molecule has 0 aliphatic carbocycles. The predicted octanol–water partition coefficient (Wildman–Crippen LogP) is 3.32. The van der Waals surface area contributed by atoms with E-state index in [0.29, 0.717) is 12.4 Å². The van der Waals surface area contributed by atoms with Gasteiger partial charge >= 0.3 is 5.97 Å². The lowest BCUT2D eigenvalue weighted by Gasteiger charge is -2.15. The van der Waals surface area contributed by atoms with Crippen LogP contribution in [0.3, 0.4) is 0 Å². The van der Waals surface area contributed by atoms with Crippen LogP contribution >= 0.6 is 15.9 Å². The number of carbonyl (C=O) groups is 1. The summed E-state index contributed by atoms with van der Waals surface area (Å²) in [4.78, 5) is 13.5. The number of carbonyl (C=O) groups excluding carboxylic acids is 1. The Balaban J connectivity index is 2.51. The van der Waals surface area contributed by atoms with Gasteiger partial charge in [0.25, 0.3) is 0 Å². The van der Waals surface area contributed by atoms with E-state index in [9.17, 15) is 4.79 Å². The molecule has 0 heterocycles. The Morgan fingerprint density at radius 1 is 1.53 bits per heavy atom. The minimum atomic E-state index is -0.367. The highest BCUT2D eigenvalue weighted by Gasteiger charge is 2.11. The molecule has 0 saturated heterocycles. The van der Waals surface area contributed by atoms with Crippen LogP contribution in [0.5, 0.6) is 5.75 Å². The van der Waals surface area contributed by atoms with Gasteiger partial charge in [-0.15, -0.1) is 0 Å². The molecule has 1 aromatic carbocycles. The van der Waals surface area contributed by atoms with Crippen LogP contribution in [0.1, 0.15) is 6.92 Å². The van der Waals surface area contributed by atoms with Gasteiger partial charge in [-0.05, 0) is 23.7 Å². The number of nitrogens with zero attached hydrogens (tertiary/aromatic N) is 3. The van der Waals surface area contributed by atoms with Crippen LogP contribution in [0.2, 0.25) is 0 Å². The molecule has 0 unspecified atom stereocenters.